The molecular formula is C11H11NO2. The van der Waals surface area contributed by atoms with Gasteiger partial charge in [-0.1, -0.05) is 0 Å². The van der Waals surface area contributed by atoms with Crippen LogP contribution in [0.3, 0.4) is 0 Å². The molecule has 0 atom stereocenters. The lowest BCUT2D eigenvalue weighted by Gasteiger charge is -2.06. The molecule has 72 valence electrons. The fourth-order valence-electron chi connectivity index (χ4n) is 1.54. The molecule has 0 saturated heterocycles. The van der Waals surface area contributed by atoms with Crippen LogP contribution in [-0.2, 0) is 0 Å². The van der Waals surface area contributed by atoms with E-state index in [1.165, 1.54) is 6.20 Å². The Balaban J connectivity index is 2.79. The first-order chi connectivity index (χ1) is 6.72. The Morgan fingerprint density at radius 3 is 2.86 bits per heavy atom. The third kappa shape index (κ3) is 1.27. The van der Waals surface area contributed by atoms with Crippen LogP contribution in [0, 0.1) is 12.1 Å². The number of benzene rings is 1. The summed E-state index contributed by atoms with van der Waals surface area (Å²) < 4.78 is 6.04. The molecule has 2 aromatic rings. The Kier molecular flexibility index (Phi) is 2.00. The molecule has 1 heterocycles. The number of nitrogens with zero attached hydrogens (tertiary/aromatic N) is 1. The number of fused-ring (bicyclic) bond motifs is 1. The van der Waals surface area contributed by atoms with Crippen molar-refractivity contribution >= 4 is 10.9 Å². The minimum absolute atomic E-state index is 0.672. The second-order valence-corrected chi connectivity index (χ2v) is 3.21. The van der Waals surface area contributed by atoms with Gasteiger partial charge in [-0.15, -0.1) is 0 Å². The molecule has 0 saturated carbocycles. The van der Waals surface area contributed by atoms with Crippen molar-refractivity contribution in [3.63, 3.8) is 0 Å². The number of ether oxygens (including phenoxy) is 1. The third-order valence-corrected chi connectivity index (χ3v) is 2.28. The number of rotatable bonds is 1. The van der Waals surface area contributed by atoms with E-state index in [0.29, 0.717) is 5.52 Å². The highest BCUT2D eigenvalue weighted by Gasteiger charge is 2.06. The van der Waals surface area contributed by atoms with Crippen molar-refractivity contribution in [3.8, 4) is 5.75 Å². The normalized spacial score (nSPS) is 10.4. The molecular weight excluding hydrogens is 178 g/mol. The monoisotopic (exact) mass is 189 g/mol. The Hall–Kier alpha value is -1.77. The lowest BCUT2D eigenvalue weighted by Crippen LogP contribution is -2.25. The van der Waals surface area contributed by atoms with Gasteiger partial charge in [-0.3, -0.25) is 0 Å². The molecule has 3 nitrogen and oxygen atoms in total. The lowest BCUT2D eigenvalue weighted by atomic mass is 10.1. The van der Waals surface area contributed by atoms with Crippen LogP contribution in [0.25, 0.3) is 10.9 Å². The predicted molar refractivity (Wildman–Crippen MR) is 54.2 cm³/mol. The summed E-state index contributed by atoms with van der Waals surface area (Å²) in [4.78, 5) is 0. The number of methoxy groups -OCH3 is 1. The zero-order valence-electron chi connectivity index (χ0n) is 8.15. The molecule has 0 aliphatic heterocycles. The van der Waals surface area contributed by atoms with Gasteiger partial charge in [0.15, 0.2) is 6.20 Å². The number of hydrogen-bond acceptors (Lipinski definition) is 2. The molecule has 0 spiro atoms. The average Bonchev–Trinajstić information content (AvgIpc) is 2.19. The molecule has 0 fully saturated rings. The summed E-state index contributed by atoms with van der Waals surface area (Å²) in [5, 5.41) is 12.3. The molecule has 14 heavy (non-hydrogen) atoms. The summed E-state index contributed by atoms with van der Waals surface area (Å²) in [5.41, 5.74) is 1.64. The quantitative estimate of drug-likeness (QED) is 0.506. The second kappa shape index (κ2) is 3.18. The van der Waals surface area contributed by atoms with Crippen LogP contribution in [0.5, 0.6) is 5.75 Å². The zero-order chi connectivity index (χ0) is 10.1. The van der Waals surface area contributed by atoms with E-state index in [1.54, 1.807) is 13.2 Å². The van der Waals surface area contributed by atoms with Crippen LogP contribution in [0.4, 0.5) is 0 Å². The van der Waals surface area contributed by atoms with Crippen molar-refractivity contribution < 1.29 is 9.47 Å². The molecule has 0 N–H and O–H groups in total. The van der Waals surface area contributed by atoms with Gasteiger partial charge in [0.05, 0.1) is 12.5 Å². The van der Waals surface area contributed by atoms with Crippen molar-refractivity contribution in [1.29, 1.82) is 0 Å². The Labute approximate surface area is 82.1 Å². The highest BCUT2D eigenvalue weighted by Crippen LogP contribution is 2.22. The molecule has 3 heteroatoms. The summed E-state index contributed by atoms with van der Waals surface area (Å²) in [6, 6.07) is 7.33. The van der Waals surface area contributed by atoms with Crippen LogP contribution in [0.1, 0.15) is 5.56 Å². The first-order valence-electron chi connectivity index (χ1n) is 4.39. The van der Waals surface area contributed by atoms with Crippen molar-refractivity contribution in [2.24, 2.45) is 0 Å². The van der Waals surface area contributed by atoms with Gasteiger partial charge >= 0.3 is 0 Å². The molecule has 2 rings (SSSR count). The molecule has 0 unspecified atom stereocenters. The highest BCUT2D eigenvalue weighted by molar-refractivity contribution is 5.78. The van der Waals surface area contributed by atoms with E-state index in [4.69, 9.17) is 4.74 Å². The van der Waals surface area contributed by atoms with E-state index >= 15 is 0 Å². The summed E-state index contributed by atoms with van der Waals surface area (Å²) in [7, 11) is 1.63. The maximum Gasteiger partial charge on any atom is 0.224 e. The largest absolute Gasteiger partial charge is 0.618 e. The van der Waals surface area contributed by atoms with E-state index in [1.807, 2.05) is 25.1 Å². The number of aryl methyl sites for hydroxylation is 1. The van der Waals surface area contributed by atoms with Crippen molar-refractivity contribution in [2.45, 2.75) is 6.92 Å². The Morgan fingerprint density at radius 2 is 2.14 bits per heavy atom. The van der Waals surface area contributed by atoms with Gasteiger partial charge < -0.3 is 9.94 Å². The zero-order valence-corrected chi connectivity index (χ0v) is 8.15. The summed E-state index contributed by atoms with van der Waals surface area (Å²) in [6.45, 7) is 1.92. The van der Waals surface area contributed by atoms with Crippen molar-refractivity contribution in [2.75, 3.05) is 7.11 Å². The SMILES string of the molecule is COc1cc2ccc[n+]([O-])c2cc1C. The maximum absolute atomic E-state index is 11.4. The second-order valence-electron chi connectivity index (χ2n) is 3.21. The Morgan fingerprint density at radius 1 is 1.36 bits per heavy atom. The van der Waals surface area contributed by atoms with E-state index in [-0.39, 0.29) is 0 Å². The summed E-state index contributed by atoms with van der Waals surface area (Å²) in [6.07, 6.45) is 1.49. The Bertz CT molecular complexity index is 480. The van der Waals surface area contributed by atoms with Gasteiger partial charge in [-0.25, -0.2) is 0 Å². The molecule has 1 aromatic carbocycles. The molecule has 1 aromatic heterocycles. The molecule has 0 amide bonds. The van der Waals surface area contributed by atoms with Crippen LogP contribution >= 0.6 is 0 Å². The fourth-order valence-corrected chi connectivity index (χ4v) is 1.54. The van der Waals surface area contributed by atoms with Crippen LogP contribution < -0.4 is 9.47 Å². The summed E-state index contributed by atoms with van der Waals surface area (Å²) in [5.74, 6) is 0.809. The predicted octanol–water partition coefficient (Wildman–Crippen LogP) is 1.79. The van der Waals surface area contributed by atoms with Gasteiger partial charge in [0.2, 0.25) is 5.52 Å². The van der Waals surface area contributed by atoms with Gasteiger partial charge in [0.25, 0.3) is 0 Å². The maximum atomic E-state index is 11.4. The van der Waals surface area contributed by atoms with Gasteiger partial charge in [-0.2, -0.15) is 4.73 Å². The topological polar surface area (TPSA) is 36.2 Å². The standard InChI is InChI=1S/C11H11NO2/c1-8-6-10-9(7-11(8)14-2)4-3-5-12(10)13/h3-7H,1-2H3. The fraction of sp³-hybridized carbons (Fsp3) is 0.182. The van der Waals surface area contributed by atoms with Crippen molar-refractivity contribution in [1.82, 2.24) is 0 Å². The first kappa shape index (κ1) is 8.81. The van der Waals surface area contributed by atoms with Crippen LogP contribution in [0.2, 0.25) is 0 Å². The minimum atomic E-state index is 0.672. The van der Waals surface area contributed by atoms with E-state index < -0.39 is 0 Å². The van der Waals surface area contributed by atoms with E-state index in [9.17, 15) is 5.21 Å². The van der Waals surface area contributed by atoms with Gasteiger partial charge in [-0.05, 0) is 24.6 Å². The number of aromatic nitrogens is 1. The third-order valence-electron chi connectivity index (χ3n) is 2.28. The van der Waals surface area contributed by atoms with Crippen molar-refractivity contribution in [3.05, 3.63) is 41.2 Å². The number of pyridine rings is 1. The summed E-state index contributed by atoms with van der Waals surface area (Å²) >= 11 is 0. The molecule has 0 radical (unpaired) electrons. The number of hydrogen-bond donors (Lipinski definition) is 0. The average molecular weight is 189 g/mol. The smallest absolute Gasteiger partial charge is 0.224 e. The lowest BCUT2D eigenvalue weighted by molar-refractivity contribution is -0.577. The van der Waals surface area contributed by atoms with E-state index in [0.717, 1.165) is 21.4 Å². The van der Waals surface area contributed by atoms with Gasteiger partial charge in [0.1, 0.15) is 5.75 Å². The van der Waals surface area contributed by atoms with E-state index in [2.05, 4.69) is 0 Å². The highest BCUT2D eigenvalue weighted by atomic mass is 16.5. The molecule has 0 bridgehead atoms. The van der Waals surface area contributed by atoms with Crippen LogP contribution in [-0.4, -0.2) is 7.11 Å². The molecule has 0 aliphatic rings. The van der Waals surface area contributed by atoms with Crippen LogP contribution in [0.15, 0.2) is 30.5 Å². The minimum Gasteiger partial charge on any atom is -0.618 e. The molecule has 0 aliphatic carbocycles. The first-order valence-corrected chi connectivity index (χ1v) is 4.39. The van der Waals surface area contributed by atoms with Gasteiger partial charge in [0, 0.05) is 12.1 Å².